The Morgan fingerprint density at radius 1 is 1.21 bits per heavy atom. The normalized spacial score (nSPS) is 10.8. The zero-order valence-electron chi connectivity index (χ0n) is 15.4. The maximum Gasteiger partial charge on any atom is 0.234 e. The van der Waals surface area contributed by atoms with Gasteiger partial charge in [0.15, 0.2) is 8.29 Å². The summed E-state index contributed by atoms with van der Waals surface area (Å²) in [7, 11) is 0. The van der Waals surface area contributed by atoms with E-state index in [-0.39, 0.29) is 11.7 Å². The van der Waals surface area contributed by atoms with Crippen LogP contribution in [0.3, 0.4) is 0 Å². The minimum absolute atomic E-state index is 0.0644. The SMILES string of the molecule is CCCCc1ccc(NC(=O)CSc2nn(-c3ccc(Cl)cc3)c(=S)s2)cc1. The molecule has 0 fully saturated rings. The van der Waals surface area contributed by atoms with Gasteiger partial charge in [-0.25, -0.2) is 4.68 Å². The Kier molecular flexibility index (Phi) is 7.67. The average molecular weight is 450 g/mol. The number of thioether (sulfide) groups is 1. The molecule has 28 heavy (non-hydrogen) atoms. The van der Waals surface area contributed by atoms with Crippen molar-refractivity contribution in [2.45, 2.75) is 30.5 Å². The van der Waals surface area contributed by atoms with Crippen LogP contribution in [-0.4, -0.2) is 21.4 Å². The Labute approximate surface area is 182 Å². The number of benzene rings is 2. The number of amides is 1. The Balaban J connectivity index is 1.55. The van der Waals surface area contributed by atoms with Crippen LogP contribution in [0.1, 0.15) is 25.3 Å². The van der Waals surface area contributed by atoms with E-state index in [0.717, 1.165) is 22.1 Å². The van der Waals surface area contributed by atoms with E-state index in [0.29, 0.717) is 8.98 Å². The first-order chi connectivity index (χ1) is 13.5. The highest BCUT2D eigenvalue weighted by Crippen LogP contribution is 2.25. The number of halogens is 1. The first kappa shape index (κ1) is 21.0. The molecule has 1 heterocycles. The molecule has 0 spiro atoms. The average Bonchev–Trinajstić information content (AvgIpc) is 3.07. The molecule has 0 saturated heterocycles. The van der Waals surface area contributed by atoms with Gasteiger partial charge in [-0.05, 0) is 67.0 Å². The minimum atomic E-state index is -0.0644. The van der Waals surface area contributed by atoms with Crippen LogP contribution in [0.15, 0.2) is 52.9 Å². The number of nitrogens with one attached hydrogen (secondary N) is 1. The second kappa shape index (κ2) is 10.2. The highest BCUT2D eigenvalue weighted by atomic mass is 35.5. The number of carbonyl (C=O) groups is 1. The second-order valence-electron chi connectivity index (χ2n) is 6.16. The zero-order chi connectivity index (χ0) is 19.9. The molecule has 0 atom stereocenters. The van der Waals surface area contributed by atoms with Gasteiger partial charge in [0.1, 0.15) is 0 Å². The van der Waals surface area contributed by atoms with Gasteiger partial charge in [-0.15, -0.1) is 5.10 Å². The first-order valence-electron chi connectivity index (χ1n) is 8.93. The summed E-state index contributed by atoms with van der Waals surface area (Å²) in [4.78, 5) is 12.2. The molecule has 8 heteroatoms. The fourth-order valence-corrected chi connectivity index (χ4v) is 4.81. The van der Waals surface area contributed by atoms with Crippen LogP contribution < -0.4 is 5.32 Å². The number of rotatable bonds is 8. The lowest BCUT2D eigenvalue weighted by atomic mass is 10.1. The molecule has 2 aromatic carbocycles. The highest BCUT2D eigenvalue weighted by molar-refractivity contribution is 8.01. The highest BCUT2D eigenvalue weighted by Gasteiger charge is 2.10. The van der Waals surface area contributed by atoms with E-state index in [1.807, 2.05) is 24.3 Å². The number of anilines is 1. The topological polar surface area (TPSA) is 46.9 Å². The van der Waals surface area contributed by atoms with Crippen LogP contribution in [0.25, 0.3) is 5.69 Å². The predicted molar refractivity (Wildman–Crippen MR) is 122 cm³/mol. The molecule has 0 aliphatic carbocycles. The molecule has 0 aliphatic heterocycles. The molecule has 0 radical (unpaired) electrons. The molecule has 1 N–H and O–H groups in total. The maximum absolute atomic E-state index is 12.2. The van der Waals surface area contributed by atoms with E-state index in [2.05, 4.69) is 29.5 Å². The van der Waals surface area contributed by atoms with Crippen molar-refractivity contribution in [3.63, 3.8) is 0 Å². The fraction of sp³-hybridized carbons (Fsp3) is 0.250. The van der Waals surface area contributed by atoms with E-state index in [4.69, 9.17) is 23.8 Å². The molecule has 0 bridgehead atoms. The lowest BCUT2D eigenvalue weighted by Crippen LogP contribution is -2.13. The zero-order valence-corrected chi connectivity index (χ0v) is 18.6. The lowest BCUT2D eigenvalue weighted by Gasteiger charge is -2.06. The Morgan fingerprint density at radius 2 is 1.93 bits per heavy atom. The molecule has 0 saturated carbocycles. The standard InChI is InChI=1S/C20H20ClN3OS3/c1-2-3-4-14-5-9-16(10-6-14)22-18(25)13-27-19-23-24(20(26)28-19)17-11-7-15(21)8-12-17/h5-12H,2-4,13H2,1H3,(H,22,25). The van der Waals surface area contributed by atoms with Crippen molar-refractivity contribution in [3.8, 4) is 5.69 Å². The molecular weight excluding hydrogens is 430 g/mol. The smallest absolute Gasteiger partial charge is 0.234 e. The van der Waals surface area contributed by atoms with Crippen molar-refractivity contribution in [2.24, 2.45) is 0 Å². The summed E-state index contributed by atoms with van der Waals surface area (Å²) in [5.41, 5.74) is 2.96. The number of aryl methyl sites for hydroxylation is 1. The van der Waals surface area contributed by atoms with Gasteiger partial charge in [-0.2, -0.15) is 0 Å². The summed E-state index contributed by atoms with van der Waals surface area (Å²) in [6, 6.07) is 15.4. The van der Waals surface area contributed by atoms with E-state index in [1.54, 1.807) is 16.8 Å². The van der Waals surface area contributed by atoms with Crippen LogP contribution in [0, 0.1) is 3.95 Å². The number of hydrogen-bond donors (Lipinski definition) is 1. The van der Waals surface area contributed by atoms with Gasteiger partial charge in [0.05, 0.1) is 11.4 Å². The summed E-state index contributed by atoms with van der Waals surface area (Å²) in [6.07, 6.45) is 3.43. The summed E-state index contributed by atoms with van der Waals surface area (Å²) >= 11 is 14.1. The van der Waals surface area contributed by atoms with Crippen molar-refractivity contribution in [1.29, 1.82) is 0 Å². The quantitative estimate of drug-likeness (QED) is 0.319. The van der Waals surface area contributed by atoms with Crippen molar-refractivity contribution in [1.82, 2.24) is 9.78 Å². The van der Waals surface area contributed by atoms with E-state index in [9.17, 15) is 4.79 Å². The van der Waals surface area contributed by atoms with Gasteiger partial charge in [0.25, 0.3) is 0 Å². The minimum Gasteiger partial charge on any atom is -0.325 e. The van der Waals surface area contributed by atoms with Crippen LogP contribution in [0.2, 0.25) is 5.02 Å². The predicted octanol–water partition coefficient (Wildman–Crippen LogP) is 6.39. The van der Waals surface area contributed by atoms with E-state index in [1.165, 1.54) is 41.5 Å². The van der Waals surface area contributed by atoms with Crippen molar-refractivity contribution >= 4 is 58.5 Å². The molecule has 4 nitrogen and oxygen atoms in total. The van der Waals surface area contributed by atoms with Crippen molar-refractivity contribution in [3.05, 3.63) is 63.1 Å². The molecular formula is C20H20ClN3OS3. The molecule has 1 aromatic heterocycles. The third-order valence-electron chi connectivity index (χ3n) is 3.98. The summed E-state index contributed by atoms with van der Waals surface area (Å²) in [6.45, 7) is 2.18. The maximum atomic E-state index is 12.2. The summed E-state index contributed by atoms with van der Waals surface area (Å²) < 4.78 is 3.07. The lowest BCUT2D eigenvalue weighted by molar-refractivity contribution is -0.113. The monoisotopic (exact) mass is 449 g/mol. The largest absolute Gasteiger partial charge is 0.325 e. The fourth-order valence-electron chi connectivity index (χ4n) is 2.52. The molecule has 0 aliphatic rings. The van der Waals surface area contributed by atoms with Crippen LogP contribution >= 0.6 is 46.9 Å². The van der Waals surface area contributed by atoms with Gasteiger partial charge in [-0.1, -0.05) is 60.2 Å². The van der Waals surface area contributed by atoms with Crippen LogP contribution in [0.5, 0.6) is 0 Å². The van der Waals surface area contributed by atoms with Gasteiger partial charge in [-0.3, -0.25) is 4.79 Å². The van der Waals surface area contributed by atoms with Crippen molar-refractivity contribution < 1.29 is 4.79 Å². The Morgan fingerprint density at radius 3 is 2.61 bits per heavy atom. The summed E-state index contributed by atoms with van der Waals surface area (Å²) in [5, 5.41) is 8.09. The van der Waals surface area contributed by atoms with Gasteiger partial charge in [0, 0.05) is 10.7 Å². The van der Waals surface area contributed by atoms with Crippen LogP contribution in [0.4, 0.5) is 5.69 Å². The Bertz CT molecular complexity index is 981. The number of carbonyl (C=O) groups excluding carboxylic acids is 1. The number of aromatic nitrogens is 2. The summed E-state index contributed by atoms with van der Waals surface area (Å²) in [5.74, 6) is 0.214. The number of unbranched alkanes of at least 4 members (excludes halogenated alkanes) is 1. The molecule has 3 rings (SSSR count). The third kappa shape index (κ3) is 5.91. The van der Waals surface area contributed by atoms with Crippen LogP contribution in [-0.2, 0) is 11.2 Å². The van der Waals surface area contributed by atoms with E-state index < -0.39 is 0 Å². The van der Waals surface area contributed by atoms with Crippen molar-refractivity contribution in [2.75, 3.05) is 11.1 Å². The van der Waals surface area contributed by atoms with Gasteiger partial charge < -0.3 is 5.32 Å². The third-order valence-corrected chi connectivity index (χ3v) is 6.60. The number of nitrogens with zero attached hydrogens (tertiary/aromatic N) is 2. The number of hydrogen-bond acceptors (Lipinski definition) is 5. The molecule has 1 amide bonds. The first-order valence-corrected chi connectivity index (χ1v) is 11.5. The Hall–Kier alpha value is -1.67. The molecule has 146 valence electrons. The molecule has 0 unspecified atom stereocenters. The van der Waals surface area contributed by atoms with Gasteiger partial charge >= 0.3 is 0 Å². The van der Waals surface area contributed by atoms with E-state index >= 15 is 0 Å². The second-order valence-corrected chi connectivity index (χ2v) is 9.44. The molecule has 3 aromatic rings. The van der Waals surface area contributed by atoms with Gasteiger partial charge in [0.2, 0.25) is 5.91 Å².